The van der Waals surface area contributed by atoms with Crippen molar-refractivity contribution >= 4 is 16.7 Å². The van der Waals surface area contributed by atoms with E-state index in [-0.39, 0.29) is 5.78 Å². The molecule has 0 radical (unpaired) electrons. The summed E-state index contributed by atoms with van der Waals surface area (Å²) in [6.07, 6.45) is 0. The van der Waals surface area contributed by atoms with Crippen LogP contribution in [0.4, 0.5) is 0 Å². The molecule has 1 aromatic heterocycles. The molecule has 3 rings (SSSR count). The molecule has 0 unspecified atom stereocenters. The Morgan fingerprint density at radius 2 is 1.58 bits per heavy atom. The van der Waals surface area contributed by atoms with Gasteiger partial charge in [0.05, 0.1) is 17.9 Å². The number of hydrogen-bond donors (Lipinski definition) is 0. The van der Waals surface area contributed by atoms with E-state index in [9.17, 15) is 4.79 Å². The molecule has 0 saturated carbocycles. The summed E-state index contributed by atoms with van der Waals surface area (Å²) in [5, 5.41) is 1.16. The maximum Gasteiger partial charge on any atom is 0.209 e. The van der Waals surface area contributed by atoms with Crippen molar-refractivity contribution in [3.05, 3.63) is 71.4 Å². The second kappa shape index (κ2) is 7.02. The maximum absolute atomic E-state index is 13.2. The van der Waals surface area contributed by atoms with Crippen molar-refractivity contribution in [3.8, 4) is 0 Å². The summed E-state index contributed by atoms with van der Waals surface area (Å²) < 4.78 is 2.17. The van der Waals surface area contributed by atoms with Crippen LogP contribution >= 0.6 is 0 Å². The summed E-state index contributed by atoms with van der Waals surface area (Å²) in [6, 6.07) is 17.8. The molecule has 0 atom stereocenters. The number of nitrogens with zero attached hydrogens (tertiary/aromatic N) is 2. The third-order valence-corrected chi connectivity index (χ3v) is 4.71. The predicted molar refractivity (Wildman–Crippen MR) is 99.5 cm³/mol. The third-order valence-electron chi connectivity index (χ3n) is 4.71. The fourth-order valence-corrected chi connectivity index (χ4v) is 3.27. The molecule has 3 aromatic rings. The first-order valence-electron chi connectivity index (χ1n) is 8.57. The number of carbonyl (C=O) groups excluding carboxylic acids is 1. The van der Waals surface area contributed by atoms with Gasteiger partial charge in [0.25, 0.3) is 0 Å². The molecule has 2 aromatic carbocycles. The predicted octanol–water partition coefficient (Wildman–Crippen LogP) is 4.48. The highest BCUT2D eigenvalue weighted by Crippen LogP contribution is 2.28. The molecular weight excluding hydrogens is 296 g/mol. The molecule has 0 aliphatic rings. The van der Waals surface area contributed by atoms with Crippen molar-refractivity contribution in [3.63, 3.8) is 0 Å². The van der Waals surface area contributed by atoms with Gasteiger partial charge in [0.15, 0.2) is 0 Å². The van der Waals surface area contributed by atoms with Crippen molar-refractivity contribution in [2.24, 2.45) is 0 Å². The van der Waals surface area contributed by atoms with E-state index in [2.05, 4.69) is 42.4 Å². The number of rotatable bonds is 6. The SMILES string of the molecule is CCN(CC)Cn1c(C(=O)c2ccccc2)c(C)c2ccccc21. The Kier molecular flexibility index (Phi) is 4.81. The Balaban J connectivity index is 2.18. The van der Waals surface area contributed by atoms with Gasteiger partial charge in [-0.3, -0.25) is 9.69 Å². The van der Waals surface area contributed by atoms with Crippen LogP contribution in [-0.4, -0.2) is 28.3 Å². The summed E-state index contributed by atoms with van der Waals surface area (Å²) in [5.74, 6) is 0.0939. The van der Waals surface area contributed by atoms with E-state index in [4.69, 9.17) is 0 Å². The average Bonchev–Trinajstić information content (AvgIpc) is 2.92. The van der Waals surface area contributed by atoms with Gasteiger partial charge in [-0.25, -0.2) is 0 Å². The minimum Gasteiger partial charge on any atom is -0.324 e. The highest BCUT2D eigenvalue weighted by atomic mass is 16.1. The zero-order valence-electron chi connectivity index (χ0n) is 14.6. The van der Waals surface area contributed by atoms with Gasteiger partial charge in [0, 0.05) is 10.9 Å². The quantitative estimate of drug-likeness (QED) is 0.626. The van der Waals surface area contributed by atoms with Crippen LogP contribution in [0, 0.1) is 6.92 Å². The van der Waals surface area contributed by atoms with Crippen LogP contribution in [0.25, 0.3) is 10.9 Å². The molecule has 124 valence electrons. The number of hydrogen-bond acceptors (Lipinski definition) is 2. The Morgan fingerprint density at radius 1 is 0.958 bits per heavy atom. The van der Waals surface area contributed by atoms with E-state index in [1.165, 1.54) is 0 Å². The van der Waals surface area contributed by atoms with Gasteiger partial charge in [-0.15, -0.1) is 0 Å². The molecule has 0 fully saturated rings. The van der Waals surface area contributed by atoms with Crippen LogP contribution < -0.4 is 0 Å². The fourth-order valence-electron chi connectivity index (χ4n) is 3.27. The van der Waals surface area contributed by atoms with Gasteiger partial charge in [-0.05, 0) is 31.6 Å². The Hall–Kier alpha value is -2.39. The minimum absolute atomic E-state index is 0.0939. The lowest BCUT2D eigenvalue weighted by molar-refractivity contribution is 0.102. The van der Waals surface area contributed by atoms with Gasteiger partial charge >= 0.3 is 0 Å². The standard InChI is InChI=1S/C21H24N2O/c1-4-22(5-2)15-23-19-14-10-9-13-18(19)16(3)20(23)21(24)17-11-7-6-8-12-17/h6-14H,4-5,15H2,1-3H3. The first-order chi connectivity index (χ1) is 11.7. The van der Waals surface area contributed by atoms with Crippen LogP contribution in [0.2, 0.25) is 0 Å². The lowest BCUT2D eigenvalue weighted by atomic mass is 10.0. The van der Waals surface area contributed by atoms with Gasteiger partial charge in [0.2, 0.25) is 5.78 Å². The van der Waals surface area contributed by atoms with Crippen LogP contribution in [0.15, 0.2) is 54.6 Å². The van der Waals surface area contributed by atoms with Gasteiger partial charge < -0.3 is 4.57 Å². The summed E-state index contributed by atoms with van der Waals surface area (Å²) in [5.41, 5.74) is 3.73. The first kappa shape index (κ1) is 16.5. The second-order valence-electron chi connectivity index (χ2n) is 6.06. The molecule has 3 nitrogen and oxygen atoms in total. The van der Waals surface area contributed by atoms with E-state index in [1.54, 1.807) is 0 Å². The Labute approximate surface area is 143 Å². The average molecular weight is 320 g/mol. The maximum atomic E-state index is 13.2. The van der Waals surface area contributed by atoms with E-state index in [1.807, 2.05) is 42.5 Å². The Morgan fingerprint density at radius 3 is 2.25 bits per heavy atom. The van der Waals surface area contributed by atoms with E-state index in [0.717, 1.165) is 47.5 Å². The number of aryl methyl sites for hydroxylation is 1. The topological polar surface area (TPSA) is 25.2 Å². The second-order valence-corrected chi connectivity index (χ2v) is 6.06. The van der Waals surface area contributed by atoms with Gasteiger partial charge in [0.1, 0.15) is 0 Å². The molecule has 0 bridgehead atoms. The molecule has 0 aliphatic carbocycles. The Bertz CT molecular complexity index is 845. The summed E-state index contributed by atoms with van der Waals surface area (Å²) in [4.78, 5) is 15.5. The molecular formula is C21H24N2O. The largest absolute Gasteiger partial charge is 0.324 e. The van der Waals surface area contributed by atoms with Crippen molar-refractivity contribution in [2.45, 2.75) is 27.4 Å². The molecule has 0 saturated heterocycles. The molecule has 0 aliphatic heterocycles. The summed E-state index contributed by atoms with van der Waals surface area (Å²) >= 11 is 0. The van der Waals surface area contributed by atoms with Crippen molar-refractivity contribution in [2.75, 3.05) is 13.1 Å². The van der Waals surface area contributed by atoms with Crippen LogP contribution in [0.3, 0.4) is 0 Å². The number of benzene rings is 2. The highest BCUT2D eigenvalue weighted by Gasteiger charge is 2.21. The van der Waals surface area contributed by atoms with Crippen LogP contribution in [0.5, 0.6) is 0 Å². The highest BCUT2D eigenvalue weighted by molar-refractivity contribution is 6.12. The normalized spacial score (nSPS) is 11.3. The number of fused-ring (bicyclic) bond motifs is 1. The van der Waals surface area contributed by atoms with Crippen molar-refractivity contribution in [1.29, 1.82) is 0 Å². The molecule has 0 spiro atoms. The van der Waals surface area contributed by atoms with Crippen LogP contribution in [-0.2, 0) is 6.67 Å². The minimum atomic E-state index is 0.0939. The zero-order chi connectivity index (χ0) is 17.1. The smallest absolute Gasteiger partial charge is 0.209 e. The molecule has 24 heavy (non-hydrogen) atoms. The number of ketones is 1. The summed E-state index contributed by atoms with van der Waals surface area (Å²) in [6.45, 7) is 9.01. The van der Waals surface area contributed by atoms with Crippen LogP contribution in [0.1, 0.15) is 35.5 Å². The molecule has 3 heteroatoms. The van der Waals surface area contributed by atoms with Gasteiger partial charge in [-0.2, -0.15) is 0 Å². The zero-order valence-corrected chi connectivity index (χ0v) is 14.6. The first-order valence-corrected chi connectivity index (χ1v) is 8.57. The van der Waals surface area contributed by atoms with E-state index >= 15 is 0 Å². The number of carbonyl (C=O) groups is 1. The lowest BCUT2D eigenvalue weighted by Crippen LogP contribution is -2.27. The molecule has 0 amide bonds. The summed E-state index contributed by atoms with van der Waals surface area (Å²) in [7, 11) is 0. The monoisotopic (exact) mass is 320 g/mol. The number of para-hydroxylation sites is 1. The third kappa shape index (κ3) is 2.87. The van der Waals surface area contributed by atoms with E-state index in [0.29, 0.717) is 0 Å². The molecule has 0 N–H and O–H groups in total. The number of aromatic nitrogens is 1. The van der Waals surface area contributed by atoms with Gasteiger partial charge in [-0.1, -0.05) is 62.4 Å². The molecule has 1 heterocycles. The van der Waals surface area contributed by atoms with Crippen molar-refractivity contribution < 1.29 is 4.79 Å². The lowest BCUT2D eigenvalue weighted by Gasteiger charge is -2.21. The van der Waals surface area contributed by atoms with Crippen molar-refractivity contribution in [1.82, 2.24) is 9.47 Å². The van der Waals surface area contributed by atoms with E-state index < -0.39 is 0 Å². The fraction of sp³-hybridized carbons (Fsp3) is 0.286.